The maximum absolute atomic E-state index is 9.49. The summed E-state index contributed by atoms with van der Waals surface area (Å²) < 4.78 is 0. The molecule has 0 saturated heterocycles. The Morgan fingerprint density at radius 2 is 0.917 bits per heavy atom. The molecule has 1 nitrogen and oxygen atoms in total. The zero-order valence-corrected chi connectivity index (χ0v) is 16.6. The first-order valence-electron chi connectivity index (χ1n) is 8.04. The van der Waals surface area contributed by atoms with Crippen molar-refractivity contribution in [3.05, 3.63) is 91.0 Å². The number of rotatable bonds is 6. The van der Waals surface area contributed by atoms with Crippen molar-refractivity contribution < 1.29 is 29.1 Å². The van der Waals surface area contributed by atoms with E-state index in [1.807, 2.05) is 0 Å². The van der Waals surface area contributed by atoms with E-state index in [9.17, 15) is 5.11 Å². The van der Waals surface area contributed by atoms with Crippen LogP contribution < -0.4 is 39.9 Å². The lowest BCUT2D eigenvalue weighted by Gasteiger charge is -2.27. The number of benzene rings is 3. The van der Waals surface area contributed by atoms with Gasteiger partial charge in [0.25, 0.3) is 0 Å². The number of aliphatic hydroxyl groups is 1. The molecule has 0 fully saturated rings. The number of aliphatic hydroxyl groups excluding tert-OH is 1. The lowest BCUT2D eigenvalue weighted by atomic mass is 10.4. The number of hydrogen-bond donors (Lipinski definition) is 1. The minimum absolute atomic E-state index is 0. The van der Waals surface area contributed by atoms with Crippen molar-refractivity contribution in [2.24, 2.45) is 0 Å². The highest BCUT2D eigenvalue weighted by atomic mass is 127. The van der Waals surface area contributed by atoms with E-state index in [-0.39, 0.29) is 30.6 Å². The normalized spacial score (nSPS) is 10.9. The summed E-state index contributed by atoms with van der Waals surface area (Å²) in [5, 5.41) is 13.6. The van der Waals surface area contributed by atoms with E-state index in [1.165, 1.54) is 15.9 Å². The molecule has 0 amide bonds. The third-order valence-electron chi connectivity index (χ3n) is 4.24. The van der Waals surface area contributed by atoms with Crippen LogP contribution in [-0.2, 0) is 0 Å². The Labute approximate surface area is 162 Å². The van der Waals surface area contributed by atoms with Gasteiger partial charge in [0.15, 0.2) is 0 Å². The van der Waals surface area contributed by atoms with Crippen LogP contribution in [0.4, 0.5) is 0 Å². The van der Waals surface area contributed by atoms with Crippen molar-refractivity contribution in [2.75, 3.05) is 12.8 Å². The molecule has 1 N–H and O–H groups in total. The summed E-state index contributed by atoms with van der Waals surface area (Å²) in [7, 11) is -1.73. The first-order chi connectivity index (χ1) is 11.4. The van der Waals surface area contributed by atoms with Crippen LogP contribution in [0.1, 0.15) is 6.42 Å². The van der Waals surface area contributed by atoms with Crippen LogP contribution >= 0.6 is 7.26 Å². The average Bonchev–Trinajstić information content (AvgIpc) is 2.65. The van der Waals surface area contributed by atoms with Gasteiger partial charge in [-0.2, -0.15) is 0 Å². The smallest absolute Gasteiger partial charge is 0.112 e. The molecule has 3 rings (SSSR count). The summed E-state index contributed by atoms with van der Waals surface area (Å²) >= 11 is 0. The van der Waals surface area contributed by atoms with Crippen LogP contribution in [0.3, 0.4) is 0 Å². The van der Waals surface area contributed by atoms with Gasteiger partial charge in [-0.1, -0.05) is 54.6 Å². The van der Waals surface area contributed by atoms with Gasteiger partial charge in [0.2, 0.25) is 0 Å². The summed E-state index contributed by atoms with van der Waals surface area (Å²) in [5.41, 5.74) is 0. The minimum atomic E-state index is -1.73. The molecule has 0 bridgehead atoms. The fourth-order valence-electron chi connectivity index (χ4n) is 3.19. The van der Waals surface area contributed by atoms with Gasteiger partial charge in [-0.3, -0.25) is 0 Å². The average molecular weight is 448 g/mol. The van der Waals surface area contributed by atoms with E-state index in [2.05, 4.69) is 91.0 Å². The summed E-state index contributed by atoms with van der Waals surface area (Å²) in [6.45, 7) is 0.230. The third-order valence-corrected chi connectivity index (χ3v) is 8.77. The summed E-state index contributed by atoms with van der Waals surface area (Å²) in [6.07, 6.45) is 1.80. The van der Waals surface area contributed by atoms with Gasteiger partial charge in [-0.25, -0.2) is 0 Å². The van der Waals surface area contributed by atoms with Crippen LogP contribution in [0.2, 0.25) is 0 Å². The quantitative estimate of drug-likeness (QED) is 0.427. The predicted molar refractivity (Wildman–Crippen MR) is 102 cm³/mol. The van der Waals surface area contributed by atoms with Gasteiger partial charge in [0, 0.05) is 13.0 Å². The van der Waals surface area contributed by atoms with Gasteiger partial charge in [0.1, 0.15) is 23.2 Å². The molecule has 0 aliphatic heterocycles. The van der Waals surface area contributed by atoms with Crippen molar-refractivity contribution in [1.82, 2.24) is 0 Å². The van der Waals surface area contributed by atoms with Gasteiger partial charge in [-0.15, -0.1) is 0 Å². The lowest BCUT2D eigenvalue weighted by Crippen LogP contribution is -3.00. The highest BCUT2D eigenvalue weighted by Gasteiger charge is 2.44. The molecule has 0 aromatic heterocycles. The van der Waals surface area contributed by atoms with E-state index >= 15 is 0 Å². The SMILES string of the molecule is OCCC[P+](c1ccccc1)(c1ccccc1)c1ccccc1.[I-]. The van der Waals surface area contributed by atoms with Crippen molar-refractivity contribution in [3.8, 4) is 0 Å². The summed E-state index contributed by atoms with van der Waals surface area (Å²) in [6, 6.07) is 32.4. The molecule has 3 heteroatoms. The molecular formula is C21H22IOP. The van der Waals surface area contributed by atoms with E-state index in [0.717, 1.165) is 12.6 Å². The van der Waals surface area contributed by atoms with E-state index < -0.39 is 7.26 Å². The second-order valence-corrected chi connectivity index (χ2v) is 9.23. The molecule has 0 aliphatic rings. The Balaban J connectivity index is 0.00000208. The molecule has 0 radical (unpaired) electrons. The van der Waals surface area contributed by atoms with E-state index in [1.54, 1.807) is 0 Å². The molecule has 24 heavy (non-hydrogen) atoms. The Bertz CT molecular complexity index is 620. The second-order valence-electron chi connectivity index (χ2n) is 5.62. The predicted octanol–water partition coefficient (Wildman–Crippen LogP) is 0.367. The molecule has 0 aliphatic carbocycles. The van der Waals surface area contributed by atoms with Crippen molar-refractivity contribution in [1.29, 1.82) is 0 Å². The molecule has 0 heterocycles. The van der Waals surface area contributed by atoms with Crippen LogP contribution in [0.15, 0.2) is 91.0 Å². The van der Waals surface area contributed by atoms with E-state index in [4.69, 9.17) is 0 Å². The number of halogens is 1. The van der Waals surface area contributed by atoms with Crippen molar-refractivity contribution in [2.45, 2.75) is 6.42 Å². The number of hydrogen-bond acceptors (Lipinski definition) is 1. The molecule has 124 valence electrons. The van der Waals surface area contributed by atoms with Crippen LogP contribution in [0, 0.1) is 0 Å². The maximum Gasteiger partial charge on any atom is 0.112 e. The zero-order chi connectivity index (χ0) is 16.0. The van der Waals surface area contributed by atoms with Crippen molar-refractivity contribution in [3.63, 3.8) is 0 Å². The largest absolute Gasteiger partial charge is 1.00 e. The second kappa shape index (κ2) is 9.31. The highest BCUT2D eigenvalue weighted by molar-refractivity contribution is 7.95. The topological polar surface area (TPSA) is 20.2 Å². The van der Waals surface area contributed by atoms with Crippen LogP contribution in [0.5, 0.6) is 0 Å². The minimum Gasteiger partial charge on any atom is -1.00 e. The Kier molecular flexibility index (Phi) is 7.41. The van der Waals surface area contributed by atoms with Crippen molar-refractivity contribution >= 4 is 23.2 Å². The molecule has 3 aromatic carbocycles. The standard InChI is InChI=1S/C21H22OP.HI/c22-17-10-18-23(19-11-4-1-5-12-19,20-13-6-2-7-14-20)21-15-8-3-9-16-21;/h1-9,11-16,22H,10,17-18H2;1H/q+1;/p-1. The van der Waals surface area contributed by atoms with Gasteiger partial charge >= 0.3 is 0 Å². The molecule has 0 atom stereocenters. The van der Waals surface area contributed by atoms with E-state index in [0.29, 0.717) is 0 Å². The highest BCUT2D eigenvalue weighted by Crippen LogP contribution is 2.55. The fraction of sp³-hybridized carbons (Fsp3) is 0.143. The summed E-state index contributed by atoms with van der Waals surface area (Å²) in [4.78, 5) is 0. The fourth-order valence-corrected chi connectivity index (χ4v) is 7.52. The molecule has 0 spiro atoms. The molecule has 0 unspecified atom stereocenters. The molecule has 3 aromatic rings. The zero-order valence-electron chi connectivity index (χ0n) is 13.6. The van der Waals surface area contributed by atoms with Crippen LogP contribution in [0.25, 0.3) is 0 Å². The Hall–Kier alpha value is -1.22. The summed E-state index contributed by atoms with van der Waals surface area (Å²) in [5.74, 6) is 0. The lowest BCUT2D eigenvalue weighted by molar-refractivity contribution is -0.00000555. The first-order valence-corrected chi connectivity index (χ1v) is 10.0. The Morgan fingerprint density at radius 3 is 1.21 bits per heavy atom. The van der Waals surface area contributed by atoms with Gasteiger partial charge in [0.05, 0.1) is 6.16 Å². The monoisotopic (exact) mass is 448 g/mol. The first kappa shape index (κ1) is 19.1. The van der Waals surface area contributed by atoms with Crippen LogP contribution in [-0.4, -0.2) is 17.9 Å². The van der Waals surface area contributed by atoms with Gasteiger partial charge < -0.3 is 29.1 Å². The van der Waals surface area contributed by atoms with Gasteiger partial charge in [-0.05, 0) is 36.4 Å². The molecule has 0 saturated carbocycles. The maximum atomic E-state index is 9.49. The third kappa shape index (κ3) is 3.88. The Morgan fingerprint density at radius 1 is 0.583 bits per heavy atom. The molecular weight excluding hydrogens is 426 g/mol.